The molecule has 68 valence electrons. The van der Waals surface area contributed by atoms with E-state index >= 15 is 0 Å². The molecule has 0 aromatic carbocycles. The van der Waals surface area contributed by atoms with Crippen LogP contribution in [0.2, 0.25) is 0 Å². The van der Waals surface area contributed by atoms with Gasteiger partial charge >= 0.3 is 0 Å². The molecule has 4 heteroatoms. The molecule has 0 fully saturated rings. The van der Waals surface area contributed by atoms with Crippen molar-refractivity contribution in [3.63, 3.8) is 0 Å². The third kappa shape index (κ3) is 1.73. The van der Waals surface area contributed by atoms with Crippen LogP contribution in [0.1, 0.15) is 9.75 Å². The van der Waals surface area contributed by atoms with Gasteiger partial charge in [0.1, 0.15) is 12.4 Å². The van der Waals surface area contributed by atoms with E-state index in [1.165, 1.54) is 9.75 Å². The molecule has 2 nitrogen and oxygen atoms in total. The van der Waals surface area contributed by atoms with Crippen molar-refractivity contribution in [2.24, 2.45) is 5.73 Å². The maximum absolute atomic E-state index is 5.74. The van der Waals surface area contributed by atoms with Crippen molar-refractivity contribution >= 4 is 23.7 Å². The predicted octanol–water partition coefficient (Wildman–Crippen LogP) is 1.74. The zero-order valence-electron chi connectivity index (χ0n) is 6.87. The highest BCUT2D eigenvalue weighted by atomic mass is 35.5. The molecule has 0 amide bonds. The lowest BCUT2D eigenvalue weighted by Gasteiger charge is -2.18. The van der Waals surface area contributed by atoms with Crippen molar-refractivity contribution < 1.29 is 4.74 Å². The highest BCUT2D eigenvalue weighted by Gasteiger charge is 2.18. The highest BCUT2D eigenvalue weighted by Crippen LogP contribution is 2.32. The maximum Gasteiger partial charge on any atom is 0.133 e. The highest BCUT2D eigenvalue weighted by molar-refractivity contribution is 7.12. The molecule has 12 heavy (non-hydrogen) atoms. The lowest BCUT2D eigenvalue weighted by Crippen LogP contribution is -2.32. The zero-order valence-corrected chi connectivity index (χ0v) is 8.50. The first-order valence-corrected chi connectivity index (χ1v) is 4.55. The van der Waals surface area contributed by atoms with E-state index in [1.54, 1.807) is 11.3 Å². The van der Waals surface area contributed by atoms with Crippen LogP contribution in [0.25, 0.3) is 0 Å². The minimum Gasteiger partial charge on any atom is -0.491 e. The molecule has 2 N–H and O–H groups in total. The van der Waals surface area contributed by atoms with Gasteiger partial charge in [-0.3, -0.25) is 0 Å². The third-order valence-corrected chi connectivity index (χ3v) is 2.85. The molecule has 0 aliphatic carbocycles. The molecular weight excluding hydrogens is 194 g/mol. The number of ether oxygens (including phenoxy) is 1. The fraction of sp³-hybridized carbons (Fsp3) is 0.500. The lowest BCUT2D eigenvalue weighted by molar-refractivity contribution is 0.266. The van der Waals surface area contributed by atoms with Crippen LogP contribution in [0.5, 0.6) is 5.75 Å². The van der Waals surface area contributed by atoms with E-state index in [0.717, 1.165) is 12.2 Å². The van der Waals surface area contributed by atoms with E-state index in [-0.39, 0.29) is 18.4 Å². The largest absolute Gasteiger partial charge is 0.491 e. The molecule has 1 aromatic rings. The molecule has 0 spiro atoms. The van der Waals surface area contributed by atoms with Gasteiger partial charge in [-0.15, -0.1) is 23.7 Å². The van der Waals surface area contributed by atoms with Crippen molar-refractivity contribution in [3.8, 4) is 5.75 Å². The topological polar surface area (TPSA) is 35.2 Å². The fourth-order valence-electron chi connectivity index (χ4n) is 1.30. The standard InChI is InChI=1S/C8H11NOS.ClH/c1-5-2-7-8(11-5)3-6(9)4-10-7;/h2,6H,3-4,9H2,1H3;1H. The first kappa shape index (κ1) is 9.84. The van der Waals surface area contributed by atoms with Gasteiger partial charge in [0.2, 0.25) is 0 Å². The lowest BCUT2D eigenvalue weighted by atomic mass is 10.1. The number of halogens is 1. The van der Waals surface area contributed by atoms with E-state index in [2.05, 4.69) is 13.0 Å². The minimum absolute atomic E-state index is 0. The molecule has 2 rings (SSSR count). The van der Waals surface area contributed by atoms with Gasteiger partial charge in [-0.05, 0) is 13.0 Å². The minimum atomic E-state index is 0. The average Bonchev–Trinajstić information content (AvgIpc) is 2.27. The summed E-state index contributed by atoms with van der Waals surface area (Å²) in [5.41, 5.74) is 5.74. The van der Waals surface area contributed by atoms with Crippen LogP contribution >= 0.6 is 23.7 Å². The molecule has 2 heterocycles. The van der Waals surface area contributed by atoms with Gasteiger partial charge in [0.15, 0.2) is 0 Å². The van der Waals surface area contributed by atoms with Gasteiger partial charge in [-0.1, -0.05) is 0 Å². The molecule has 0 saturated heterocycles. The van der Waals surface area contributed by atoms with E-state index in [0.29, 0.717) is 6.61 Å². The van der Waals surface area contributed by atoms with Crippen LogP contribution in [0, 0.1) is 6.92 Å². The summed E-state index contributed by atoms with van der Waals surface area (Å²) in [5.74, 6) is 1.05. The molecule has 1 aliphatic rings. The van der Waals surface area contributed by atoms with Gasteiger partial charge < -0.3 is 10.5 Å². The SMILES string of the molecule is Cc1cc2c(s1)CC(N)CO2.Cl. The third-order valence-electron chi connectivity index (χ3n) is 1.79. The number of thiophene rings is 1. The fourth-order valence-corrected chi connectivity index (χ4v) is 2.37. The predicted molar refractivity (Wildman–Crippen MR) is 53.5 cm³/mol. The van der Waals surface area contributed by atoms with E-state index < -0.39 is 0 Å². The number of hydrogen-bond donors (Lipinski definition) is 1. The normalized spacial score (nSPS) is 20.7. The average molecular weight is 206 g/mol. The zero-order chi connectivity index (χ0) is 7.84. The van der Waals surface area contributed by atoms with Crippen LogP contribution in [0.15, 0.2) is 6.07 Å². The van der Waals surface area contributed by atoms with Gasteiger partial charge in [0.25, 0.3) is 0 Å². The first-order valence-electron chi connectivity index (χ1n) is 3.73. The second-order valence-corrected chi connectivity index (χ2v) is 4.26. The molecular formula is C8H12ClNOS. The molecule has 1 atom stereocenters. The molecule has 0 saturated carbocycles. The maximum atomic E-state index is 5.74. The Morgan fingerprint density at radius 2 is 2.42 bits per heavy atom. The summed E-state index contributed by atoms with van der Waals surface area (Å²) < 4.78 is 5.44. The summed E-state index contributed by atoms with van der Waals surface area (Å²) in [4.78, 5) is 2.62. The van der Waals surface area contributed by atoms with Crippen LogP contribution in [-0.2, 0) is 6.42 Å². The van der Waals surface area contributed by atoms with Crippen molar-refractivity contribution in [2.75, 3.05) is 6.61 Å². The Morgan fingerprint density at radius 3 is 3.17 bits per heavy atom. The van der Waals surface area contributed by atoms with Crippen LogP contribution in [0.4, 0.5) is 0 Å². The van der Waals surface area contributed by atoms with Gasteiger partial charge in [0, 0.05) is 22.2 Å². The van der Waals surface area contributed by atoms with Crippen molar-refractivity contribution in [2.45, 2.75) is 19.4 Å². The van der Waals surface area contributed by atoms with Crippen LogP contribution in [0.3, 0.4) is 0 Å². The smallest absolute Gasteiger partial charge is 0.133 e. The molecule has 0 radical (unpaired) electrons. The van der Waals surface area contributed by atoms with Crippen molar-refractivity contribution in [1.29, 1.82) is 0 Å². The Kier molecular flexibility index (Phi) is 2.99. The number of aryl methyl sites for hydroxylation is 1. The quantitative estimate of drug-likeness (QED) is 0.701. The summed E-state index contributed by atoms with van der Waals surface area (Å²) in [6, 6.07) is 2.28. The van der Waals surface area contributed by atoms with E-state index in [9.17, 15) is 0 Å². The summed E-state index contributed by atoms with van der Waals surface area (Å²) in [6.45, 7) is 2.76. The Balaban J connectivity index is 0.000000720. The van der Waals surface area contributed by atoms with Crippen LogP contribution < -0.4 is 10.5 Å². The number of fused-ring (bicyclic) bond motifs is 1. The summed E-state index contributed by atoms with van der Waals surface area (Å²) in [5, 5.41) is 0. The van der Waals surface area contributed by atoms with Crippen molar-refractivity contribution in [3.05, 3.63) is 15.8 Å². The summed E-state index contributed by atoms with van der Waals surface area (Å²) in [7, 11) is 0. The Morgan fingerprint density at radius 1 is 1.67 bits per heavy atom. The first-order chi connectivity index (χ1) is 5.25. The second kappa shape index (κ2) is 3.64. The summed E-state index contributed by atoms with van der Waals surface area (Å²) >= 11 is 1.79. The summed E-state index contributed by atoms with van der Waals surface area (Å²) in [6.07, 6.45) is 0.980. The van der Waals surface area contributed by atoms with Crippen molar-refractivity contribution in [1.82, 2.24) is 0 Å². The number of nitrogens with two attached hydrogens (primary N) is 1. The monoisotopic (exact) mass is 205 g/mol. The number of rotatable bonds is 0. The van der Waals surface area contributed by atoms with Crippen LogP contribution in [-0.4, -0.2) is 12.6 Å². The van der Waals surface area contributed by atoms with Gasteiger partial charge in [0.05, 0.1) is 0 Å². The van der Waals surface area contributed by atoms with E-state index in [4.69, 9.17) is 10.5 Å². The van der Waals surface area contributed by atoms with E-state index in [1.807, 2.05) is 0 Å². The Labute approximate surface area is 82.1 Å². The molecule has 1 aliphatic heterocycles. The Bertz CT molecular complexity index is 274. The second-order valence-electron chi connectivity index (χ2n) is 2.92. The van der Waals surface area contributed by atoms with Gasteiger partial charge in [-0.25, -0.2) is 0 Å². The molecule has 1 unspecified atom stereocenters. The number of hydrogen-bond acceptors (Lipinski definition) is 3. The Hall–Kier alpha value is -0.250. The molecule has 1 aromatic heterocycles. The molecule has 0 bridgehead atoms. The van der Waals surface area contributed by atoms with Gasteiger partial charge in [-0.2, -0.15) is 0 Å².